The number of hydrogen-bond acceptors (Lipinski definition) is 3. The molecule has 1 unspecified atom stereocenters. The summed E-state index contributed by atoms with van der Waals surface area (Å²) < 4.78 is 5.52. The number of carboxylic acid groups (broad SMARTS) is 1. The van der Waals surface area contributed by atoms with Crippen molar-refractivity contribution in [3.8, 4) is 0 Å². The van der Waals surface area contributed by atoms with Crippen molar-refractivity contribution in [1.82, 2.24) is 0 Å². The van der Waals surface area contributed by atoms with Crippen molar-refractivity contribution in [1.29, 1.82) is 0 Å². The van der Waals surface area contributed by atoms with Crippen LogP contribution >= 0.6 is 11.6 Å². The van der Waals surface area contributed by atoms with E-state index in [2.05, 4.69) is 0 Å². The number of benzene rings is 2. The van der Waals surface area contributed by atoms with Crippen LogP contribution in [0.4, 0.5) is 0 Å². The molecule has 0 spiro atoms. The first-order valence-corrected chi connectivity index (χ1v) is 7.26. The van der Waals surface area contributed by atoms with Crippen molar-refractivity contribution in [2.45, 2.75) is 18.9 Å². The van der Waals surface area contributed by atoms with Gasteiger partial charge in [0, 0.05) is 0 Å². The lowest BCUT2D eigenvalue weighted by Gasteiger charge is -2.14. The van der Waals surface area contributed by atoms with Gasteiger partial charge in [0.25, 0.3) is 0 Å². The van der Waals surface area contributed by atoms with E-state index in [9.17, 15) is 14.7 Å². The molecule has 0 aromatic heterocycles. The third-order valence-electron chi connectivity index (χ3n) is 3.79. The van der Waals surface area contributed by atoms with Crippen LogP contribution in [0.2, 0.25) is 5.02 Å². The Morgan fingerprint density at radius 3 is 2.55 bits per heavy atom. The van der Waals surface area contributed by atoms with Crippen LogP contribution in [0.3, 0.4) is 0 Å². The maximum absolute atomic E-state index is 12.2. The summed E-state index contributed by atoms with van der Waals surface area (Å²) in [6.45, 7) is 0. The first-order valence-electron chi connectivity index (χ1n) is 6.88. The molecule has 0 saturated carbocycles. The highest BCUT2D eigenvalue weighted by molar-refractivity contribution is 6.33. The number of esters is 1. The summed E-state index contributed by atoms with van der Waals surface area (Å²) in [4.78, 5) is 23.5. The van der Waals surface area contributed by atoms with Crippen LogP contribution in [-0.4, -0.2) is 17.0 Å². The Morgan fingerprint density at radius 2 is 1.82 bits per heavy atom. The Hall–Kier alpha value is -2.33. The van der Waals surface area contributed by atoms with Gasteiger partial charge in [-0.25, -0.2) is 9.59 Å². The number of halogens is 1. The zero-order valence-electron chi connectivity index (χ0n) is 11.6. The van der Waals surface area contributed by atoms with Gasteiger partial charge in [0.05, 0.1) is 16.1 Å². The lowest BCUT2D eigenvalue weighted by Crippen LogP contribution is -2.10. The van der Waals surface area contributed by atoms with Crippen LogP contribution in [-0.2, 0) is 11.2 Å². The molecule has 1 aliphatic rings. The minimum Gasteiger partial charge on any atom is -0.478 e. The van der Waals surface area contributed by atoms with Gasteiger partial charge in [0.15, 0.2) is 0 Å². The van der Waals surface area contributed by atoms with Crippen LogP contribution < -0.4 is 0 Å². The van der Waals surface area contributed by atoms with E-state index in [1.165, 1.54) is 0 Å². The van der Waals surface area contributed by atoms with Gasteiger partial charge in [0.2, 0.25) is 0 Å². The highest BCUT2D eigenvalue weighted by Gasteiger charge is 2.29. The van der Waals surface area contributed by atoms with Crippen molar-refractivity contribution >= 4 is 23.5 Å². The summed E-state index contributed by atoms with van der Waals surface area (Å²) in [5.41, 5.74) is 2.09. The summed E-state index contributed by atoms with van der Waals surface area (Å²) in [5.74, 6) is -1.46. The molecule has 2 aromatic rings. The number of carbonyl (C=O) groups excluding carboxylic acids is 1. The number of aromatic carboxylic acids is 1. The minimum atomic E-state index is -0.963. The molecule has 2 aromatic carbocycles. The van der Waals surface area contributed by atoms with Gasteiger partial charge in [-0.3, -0.25) is 0 Å². The fourth-order valence-corrected chi connectivity index (χ4v) is 2.97. The Labute approximate surface area is 132 Å². The second-order valence-corrected chi connectivity index (χ2v) is 5.50. The molecule has 1 aliphatic carbocycles. The maximum Gasteiger partial charge on any atom is 0.340 e. The van der Waals surface area contributed by atoms with Crippen LogP contribution in [0.5, 0.6) is 0 Å². The third-order valence-corrected chi connectivity index (χ3v) is 4.12. The lowest BCUT2D eigenvalue weighted by molar-refractivity contribution is 0.0301. The zero-order chi connectivity index (χ0) is 15.7. The average Bonchev–Trinajstić information content (AvgIpc) is 2.90. The fraction of sp³-hybridized carbons (Fsp3) is 0.176. The minimum absolute atomic E-state index is 0.272. The van der Waals surface area contributed by atoms with Gasteiger partial charge in [0.1, 0.15) is 6.10 Å². The van der Waals surface area contributed by atoms with Crippen LogP contribution in [0.25, 0.3) is 0 Å². The average molecular weight is 317 g/mol. The molecule has 0 amide bonds. The van der Waals surface area contributed by atoms with E-state index in [0.29, 0.717) is 23.4 Å². The summed E-state index contributed by atoms with van der Waals surface area (Å²) >= 11 is 5.99. The molecule has 0 bridgehead atoms. The van der Waals surface area contributed by atoms with E-state index in [1.807, 2.05) is 0 Å². The van der Waals surface area contributed by atoms with Gasteiger partial charge >= 0.3 is 11.9 Å². The summed E-state index contributed by atoms with van der Waals surface area (Å²) in [6.07, 6.45) is 0.728. The van der Waals surface area contributed by atoms with Gasteiger partial charge in [-0.2, -0.15) is 0 Å². The number of ether oxygens (including phenoxy) is 1. The van der Waals surface area contributed by atoms with Gasteiger partial charge < -0.3 is 9.84 Å². The molecular formula is C17H13ClO4. The number of rotatable bonds is 3. The highest BCUT2D eigenvalue weighted by Crippen LogP contribution is 2.36. The van der Waals surface area contributed by atoms with Gasteiger partial charge in [-0.1, -0.05) is 35.9 Å². The molecule has 3 rings (SSSR count). The molecule has 112 valence electrons. The largest absolute Gasteiger partial charge is 0.478 e. The Balaban J connectivity index is 1.86. The van der Waals surface area contributed by atoms with Crippen LogP contribution in [0.15, 0.2) is 42.5 Å². The summed E-state index contributed by atoms with van der Waals surface area (Å²) in [6, 6.07) is 11.7. The molecule has 1 atom stereocenters. The highest BCUT2D eigenvalue weighted by atomic mass is 35.5. The fourth-order valence-electron chi connectivity index (χ4n) is 2.76. The third kappa shape index (κ3) is 2.57. The molecular weight excluding hydrogens is 304 g/mol. The smallest absolute Gasteiger partial charge is 0.340 e. The summed E-state index contributed by atoms with van der Waals surface area (Å²) in [5, 5.41) is 9.54. The monoisotopic (exact) mass is 316 g/mol. The quantitative estimate of drug-likeness (QED) is 0.873. The van der Waals surface area contributed by atoms with Crippen LogP contribution in [0, 0.1) is 0 Å². The Bertz CT molecular complexity index is 754. The molecule has 0 fully saturated rings. The number of carbonyl (C=O) groups is 2. The van der Waals surface area contributed by atoms with E-state index in [4.69, 9.17) is 16.3 Å². The van der Waals surface area contributed by atoms with E-state index in [1.54, 1.807) is 42.5 Å². The standard InChI is InChI=1S/C17H13ClO4/c18-14-7-2-1-4-13(14)17(21)22-15-9-8-10-11(15)5-3-6-12(10)16(19)20/h1-7,15H,8-9H2,(H,19,20). The molecule has 0 radical (unpaired) electrons. The molecule has 0 heterocycles. The van der Waals surface area contributed by atoms with Crippen molar-refractivity contribution in [2.24, 2.45) is 0 Å². The van der Waals surface area contributed by atoms with E-state index in [-0.39, 0.29) is 5.56 Å². The molecule has 0 aliphatic heterocycles. The number of carboxylic acids is 1. The van der Waals surface area contributed by atoms with Crippen molar-refractivity contribution < 1.29 is 19.4 Å². The van der Waals surface area contributed by atoms with Crippen molar-refractivity contribution in [3.63, 3.8) is 0 Å². The molecule has 4 nitrogen and oxygen atoms in total. The second kappa shape index (κ2) is 5.81. The van der Waals surface area contributed by atoms with E-state index < -0.39 is 18.0 Å². The Morgan fingerprint density at radius 1 is 1.09 bits per heavy atom. The SMILES string of the molecule is O=C(OC1CCc2c(C(=O)O)cccc21)c1ccccc1Cl. The van der Waals surface area contributed by atoms with Crippen LogP contribution in [0.1, 0.15) is 44.4 Å². The zero-order valence-corrected chi connectivity index (χ0v) is 12.3. The first-order chi connectivity index (χ1) is 10.6. The molecule has 1 N–H and O–H groups in total. The molecule has 5 heteroatoms. The molecule has 0 saturated heterocycles. The first kappa shape index (κ1) is 14.6. The Kier molecular flexibility index (Phi) is 3.86. The summed E-state index contributed by atoms with van der Waals surface area (Å²) in [7, 11) is 0. The van der Waals surface area contributed by atoms with E-state index >= 15 is 0 Å². The van der Waals surface area contributed by atoms with E-state index in [0.717, 1.165) is 11.1 Å². The molecule has 22 heavy (non-hydrogen) atoms. The van der Waals surface area contributed by atoms with Gasteiger partial charge in [-0.05, 0) is 42.2 Å². The van der Waals surface area contributed by atoms with Crippen molar-refractivity contribution in [2.75, 3.05) is 0 Å². The maximum atomic E-state index is 12.2. The normalized spacial score (nSPS) is 16.1. The predicted octanol–water partition coefficient (Wildman–Crippen LogP) is 3.88. The predicted molar refractivity (Wildman–Crippen MR) is 81.3 cm³/mol. The lowest BCUT2D eigenvalue weighted by atomic mass is 10.0. The topological polar surface area (TPSA) is 63.6 Å². The van der Waals surface area contributed by atoms with Crippen molar-refractivity contribution in [3.05, 3.63) is 69.7 Å². The van der Waals surface area contributed by atoms with Gasteiger partial charge in [-0.15, -0.1) is 0 Å². The number of fused-ring (bicyclic) bond motifs is 1. The number of hydrogen-bond donors (Lipinski definition) is 1. The second-order valence-electron chi connectivity index (χ2n) is 5.09.